The van der Waals surface area contributed by atoms with Crippen LogP contribution in [0.5, 0.6) is 0 Å². The van der Waals surface area contributed by atoms with Crippen LogP contribution in [0.25, 0.3) is 0 Å². The third kappa shape index (κ3) is 3.71. The number of nitrogens with zero attached hydrogens (tertiary/aromatic N) is 1. The van der Waals surface area contributed by atoms with Gasteiger partial charge in [0.1, 0.15) is 0 Å². The van der Waals surface area contributed by atoms with Crippen LogP contribution in [0.4, 0.5) is 0 Å². The summed E-state index contributed by atoms with van der Waals surface area (Å²) in [7, 11) is 0. The Morgan fingerprint density at radius 2 is 1.67 bits per heavy atom. The van der Waals surface area contributed by atoms with Crippen molar-refractivity contribution in [3.8, 4) is 0 Å². The van der Waals surface area contributed by atoms with Gasteiger partial charge in [0, 0.05) is 19.1 Å². The molecule has 1 unspecified atom stereocenters. The number of hydrogen-bond acceptors (Lipinski definition) is 2. The lowest BCUT2D eigenvalue weighted by Gasteiger charge is -2.39. The summed E-state index contributed by atoms with van der Waals surface area (Å²) in [5.74, 6) is 1.85. The highest BCUT2D eigenvalue weighted by molar-refractivity contribution is 4.84. The fraction of sp³-hybridized carbons (Fsp3) is 1.00. The Bertz CT molecular complexity index is 217. The van der Waals surface area contributed by atoms with Crippen molar-refractivity contribution in [3.63, 3.8) is 0 Å². The first-order valence-electron chi connectivity index (χ1n) is 8.29. The van der Waals surface area contributed by atoms with Crippen LogP contribution in [-0.2, 0) is 0 Å². The molecule has 2 fully saturated rings. The molecule has 0 bridgehead atoms. The summed E-state index contributed by atoms with van der Waals surface area (Å²) in [6, 6.07) is 0.661. The molecule has 2 heteroatoms. The van der Waals surface area contributed by atoms with Crippen molar-refractivity contribution < 1.29 is 0 Å². The van der Waals surface area contributed by atoms with Gasteiger partial charge in [-0.15, -0.1) is 0 Å². The molecule has 2 saturated carbocycles. The maximum atomic E-state index is 6.12. The first kappa shape index (κ1) is 14.3. The van der Waals surface area contributed by atoms with Gasteiger partial charge in [-0.05, 0) is 44.1 Å². The van der Waals surface area contributed by atoms with Gasteiger partial charge in [-0.1, -0.05) is 39.0 Å². The highest BCUT2D eigenvalue weighted by Gasteiger charge is 2.29. The SMILES string of the molecule is CCN(CC1CCC1)C(CN)C1CCCCCC1. The largest absolute Gasteiger partial charge is 0.329 e. The molecule has 18 heavy (non-hydrogen) atoms. The predicted molar refractivity (Wildman–Crippen MR) is 78.6 cm³/mol. The van der Waals surface area contributed by atoms with Crippen molar-refractivity contribution in [1.82, 2.24) is 4.90 Å². The molecule has 0 heterocycles. The van der Waals surface area contributed by atoms with Crippen LogP contribution >= 0.6 is 0 Å². The highest BCUT2D eigenvalue weighted by Crippen LogP contribution is 2.31. The van der Waals surface area contributed by atoms with Crippen LogP contribution in [0, 0.1) is 11.8 Å². The zero-order valence-corrected chi connectivity index (χ0v) is 12.2. The Morgan fingerprint density at radius 3 is 2.11 bits per heavy atom. The lowest BCUT2D eigenvalue weighted by molar-refractivity contribution is 0.0995. The molecule has 2 nitrogen and oxygen atoms in total. The second kappa shape index (κ2) is 7.49. The zero-order valence-electron chi connectivity index (χ0n) is 12.2. The molecule has 106 valence electrons. The van der Waals surface area contributed by atoms with E-state index < -0.39 is 0 Å². The second-order valence-electron chi connectivity index (χ2n) is 6.44. The van der Waals surface area contributed by atoms with E-state index in [-0.39, 0.29) is 0 Å². The van der Waals surface area contributed by atoms with E-state index >= 15 is 0 Å². The Hall–Kier alpha value is -0.0800. The summed E-state index contributed by atoms with van der Waals surface area (Å²) in [5.41, 5.74) is 6.12. The lowest BCUT2D eigenvalue weighted by atomic mass is 9.83. The third-order valence-corrected chi connectivity index (χ3v) is 5.28. The first-order chi connectivity index (χ1) is 8.85. The summed E-state index contributed by atoms with van der Waals surface area (Å²) in [6.45, 7) is 5.69. The minimum Gasteiger partial charge on any atom is -0.329 e. The summed E-state index contributed by atoms with van der Waals surface area (Å²) < 4.78 is 0. The monoisotopic (exact) mass is 252 g/mol. The standard InChI is InChI=1S/C16H32N2/c1-2-18(13-14-8-7-9-14)16(12-17)15-10-5-3-4-6-11-15/h14-16H,2-13,17H2,1H3. The number of likely N-dealkylation sites (N-methyl/N-ethyl adjacent to an activating group) is 1. The van der Waals surface area contributed by atoms with Gasteiger partial charge in [-0.3, -0.25) is 4.90 Å². The van der Waals surface area contributed by atoms with E-state index in [1.54, 1.807) is 0 Å². The Morgan fingerprint density at radius 1 is 1.00 bits per heavy atom. The van der Waals surface area contributed by atoms with E-state index in [9.17, 15) is 0 Å². The normalized spacial score (nSPS) is 24.8. The van der Waals surface area contributed by atoms with Crippen molar-refractivity contribution in [3.05, 3.63) is 0 Å². The van der Waals surface area contributed by atoms with Gasteiger partial charge in [-0.2, -0.15) is 0 Å². The van der Waals surface area contributed by atoms with Gasteiger partial charge in [0.05, 0.1) is 0 Å². The van der Waals surface area contributed by atoms with Gasteiger partial charge in [0.25, 0.3) is 0 Å². The quantitative estimate of drug-likeness (QED) is 0.734. The van der Waals surface area contributed by atoms with Crippen LogP contribution in [0.3, 0.4) is 0 Å². The van der Waals surface area contributed by atoms with Gasteiger partial charge < -0.3 is 5.73 Å². The van der Waals surface area contributed by atoms with Crippen LogP contribution in [0.2, 0.25) is 0 Å². The van der Waals surface area contributed by atoms with E-state index in [0.717, 1.165) is 18.4 Å². The van der Waals surface area contributed by atoms with Crippen molar-refractivity contribution in [2.24, 2.45) is 17.6 Å². The van der Waals surface area contributed by atoms with Crippen molar-refractivity contribution in [2.45, 2.75) is 70.8 Å². The summed E-state index contributed by atoms with van der Waals surface area (Å²) >= 11 is 0. The van der Waals surface area contributed by atoms with E-state index in [1.807, 2.05) is 0 Å². The molecule has 0 aromatic heterocycles. The molecule has 2 aliphatic rings. The van der Waals surface area contributed by atoms with E-state index in [2.05, 4.69) is 11.8 Å². The maximum Gasteiger partial charge on any atom is 0.0246 e. The van der Waals surface area contributed by atoms with Crippen molar-refractivity contribution in [2.75, 3.05) is 19.6 Å². The third-order valence-electron chi connectivity index (χ3n) is 5.28. The summed E-state index contributed by atoms with van der Waals surface area (Å²) in [5, 5.41) is 0. The Balaban J connectivity index is 1.90. The van der Waals surface area contributed by atoms with Gasteiger partial charge in [0.2, 0.25) is 0 Å². The van der Waals surface area contributed by atoms with E-state index in [1.165, 1.54) is 70.9 Å². The average molecular weight is 252 g/mol. The maximum absolute atomic E-state index is 6.12. The zero-order chi connectivity index (χ0) is 12.8. The second-order valence-corrected chi connectivity index (χ2v) is 6.44. The molecule has 1 atom stereocenters. The Kier molecular flexibility index (Phi) is 5.97. The average Bonchev–Trinajstić information content (AvgIpc) is 2.61. The molecule has 0 radical (unpaired) electrons. The van der Waals surface area contributed by atoms with E-state index in [0.29, 0.717) is 6.04 Å². The molecule has 2 aliphatic carbocycles. The topological polar surface area (TPSA) is 29.3 Å². The van der Waals surface area contributed by atoms with Crippen molar-refractivity contribution >= 4 is 0 Å². The molecular weight excluding hydrogens is 220 g/mol. The Labute approximate surface area is 113 Å². The molecule has 2 rings (SSSR count). The lowest BCUT2D eigenvalue weighted by Crippen LogP contribution is -2.48. The van der Waals surface area contributed by atoms with Gasteiger partial charge in [0.15, 0.2) is 0 Å². The summed E-state index contributed by atoms with van der Waals surface area (Å²) in [4.78, 5) is 2.71. The number of rotatable bonds is 6. The first-order valence-corrected chi connectivity index (χ1v) is 8.29. The van der Waals surface area contributed by atoms with Crippen LogP contribution in [0.15, 0.2) is 0 Å². The highest BCUT2D eigenvalue weighted by atomic mass is 15.2. The molecule has 0 aliphatic heterocycles. The minimum atomic E-state index is 0.661. The fourth-order valence-corrected chi connectivity index (χ4v) is 3.84. The fourth-order valence-electron chi connectivity index (χ4n) is 3.84. The minimum absolute atomic E-state index is 0.661. The molecule has 0 aromatic rings. The molecule has 0 saturated heterocycles. The molecular formula is C16H32N2. The number of hydrogen-bond donors (Lipinski definition) is 1. The molecule has 0 spiro atoms. The number of nitrogens with two attached hydrogens (primary N) is 1. The van der Waals surface area contributed by atoms with E-state index in [4.69, 9.17) is 5.73 Å². The predicted octanol–water partition coefficient (Wildman–Crippen LogP) is 3.41. The summed E-state index contributed by atoms with van der Waals surface area (Å²) in [6.07, 6.45) is 13.0. The van der Waals surface area contributed by atoms with Gasteiger partial charge in [-0.25, -0.2) is 0 Å². The molecule has 2 N–H and O–H groups in total. The van der Waals surface area contributed by atoms with Crippen LogP contribution < -0.4 is 5.73 Å². The molecule has 0 amide bonds. The smallest absolute Gasteiger partial charge is 0.0246 e. The van der Waals surface area contributed by atoms with Gasteiger partial charge >= 0.3 is 0 Å². The van der Waals surface area contributed by atoms with Crippen LogP contribution in [-0.4, -0.2) is 30.6 Å². The van der Waals surface area contributed by atoms with Crippen LogP contribution in [0.1, 0.15) is 64.7 Å². The van der Waals surface area contributed by atoms with Crippen molar-refractivity contribution in [1.29, 1.82) is 0 Å². The molecule has 0 aromatic carbocycles.